The first-order chi connectivity index (χ1) is 10.8. The van der Waals surface area contributed by atoms with E-state index in [-0.39, 0.29) is 0 Å². The average molecular weight is 307 g/mol. The summed E-state index contributed by atoms with van der Waals surface area (Å²) in [5.74, 6) is 0.700. The minimum atomic E-state index is 0.692. The van der Waals surface area contributed by atoms with Crippen molar-refractivity contribution in [3.05, 3.63) is 71.9 Å². The van der Waals surface area contributed by atoms with E-state index in [1.54, 1.807) is 4.52 Å². The van der Waals surface area contributed by atoms with Gasteiger partial charge in [-0.1, -0.05) is 41.9 Å². The second kappa shape index (κ2) is 5.24. The van der Waals surface area contributed by atoms with Crippen molar-refractivity contribution in [2.45, 2.75) is 0 Å². The Morgan fingerprint density at radius 3 is 2.32 bits per heavy atom. The molecule has 22 heavy (non-hydrogen) atoms. The van der Waals surface area contributed by atoms with Gasteiger partial charge in [0, 0.05) is 16.1 Å². The zero-order valence-corrected chi connectivity index (χ0v) is 12.3. The van der Waals surface area contributed by atoms with Crippen molar-refractivity contribution in [3.8, 4) is 22.5 Å². The lowest BCUT2D eigenvalue weighted by molar-refractivity contribution is 0.937. The van der Waals surface area contributed by atoms with Crippen LogP contribution in [0.3, 0.4) is 0 Å². The van der Waals surface area contributed by atoms with Gasteiger partial charge >= 0.3 is 0 Å². The van der Waals surface area contributed by atoms with Gasteiger partial charge in [-0.05, 0) is 35.9 Å². The highest BCUT2D eigenvalue weighted by Gasteiger charge is 2.10. The standard InChI is InChI=1S/C17H11ClN4/c18-15-8-6-13(7-9-15)17-21-20-16-10-14(11-19-22(16)17)12-4-2-1-3-5-12/h1-11H. The fourth-order valence-corrected chi connectivity index (χ4v) is 2.49. The molecular weight excluding hydrogens is 296 g/mol. The van der Waals surface area contributed by atoms with Crippen molar-refractivity contribution in [1.29, 1.82) is 0 Å². The highest BCUT2D eigenvalue weighted by atomic mass is 35.5. The summed E-state index contributed by atoms with van der Waals surface area (Å²) in [7, 11) is 0. The molecule has 0 fully saturated rings. The van der Waals surface area contributed by atoms with Gasteiger partial charge in [-0.2, -0.15) is 9.61 Å². The molecule has 0 saturated heterocycles. The van der Waals surface area contributed by atoms with Crippen molar-refractivity contribution in [1.82, 2.24) is 19.8 Å². The van der Waals surface area contributed by atoms with Crippen LogP contribution in [0.25, 0.3) is 28.2 Å². The lowest BCUT2D eigenvalue weighted by atomic mass is 10.1. The van der Waals surface area contributed by atoms with Crippen LogP contribution in [0.1, 0.15) is 0 Å². The zero-order chi connectivity index (χ0) is 14.9. The van der Waals surface area contributed by atoms with E-state index < -0.39 is 0 Å². The fourth-order valence-electron chi connectivity index (χ4n) is 2.36. The molecule has 4 nitrogen and oxygen atoms in total. The third kappa shape index (κ3) is 2.23. The minimum absolute atomic E-state index is 0.692. The van der Waals surface area contributed by atoms with Gasteiger partial charge in [-0.3, -0.25) is 0 Å². The molecular formula is C17H11ClN4. The smallest absolute Gasteiger partial charge is 0.185 e. The summed E-state index contributed by atoms with van der Waals surface area (Å²) in [5, 5.41) is 13.6. The summed E-state index contributed by atoms with van der Waals surface area (Å²) in [6.07, 6.45) is 1.82. The van der Waals surface area contributed by atoms with E-state index in [0.29, 0.717) is 16.5 Å². The van der Waals surface area contributed by atoms with Crippen LogP contribution in [0.2, 0.25) is 5.02 Å². The van der Waals surface area contributed by atoms with Crippen LogP contribution in [-0.4, -0.2) is 19.8 Å². The number of nitrogens with zero attached hydrogens (tertiary/aromatic N) is 4. The molecule has 0 N–H and O–H groups in total. The molecule has 2 aromatic heterocycles. The molecule has 2 heterocycles. The molecule has 0 bridgehead atoms. The Balaban J connectivity index is 1.82. The number of rotatable bonds is 2. The molecule has 0 atom stereocenters. The summed E-state index contributed by atoms with van der Waals surface area (Å²) in [4.78, 5) is 0. The molecule has 5 heteroatoms. The second-order valence-corrected chi connectivity index (χ2v) is 5.35. The maximum absolute atomic E-state index is 5.92. The van der Waals surface area contributed by atoms with Crippen LogP contribution in [0.4, 0.5) is 0 Å². The first-order valence-corrected chi connectivity index (χ1v) is 7.22. The van der Waals surface area contributed by atoms with E-state index in [9.17, 15) is 0 Å². The molecule has 2 aromatic carbocycles. The van der Waals surface area contributed by atoms with Gasteiger partial charge in [0.2, 0.25) is 0 Å². The molecule has 0 aliphatic rings. The quantitative estimate of drug-likeness (QED) is 0.559. The van der Waals surface area contributed by atoms with Crippen LogP contribution in [0.15, 0.2) is 66.9 Å². The zero-order valence-electron chi connectivity index (χ0n) is 11.5. The minimum Gasteiger partial charge on any atom is -0.193 e. The third-order valence-corrected chi connectivity index (χ3v) is 3.72. The third-order valence-electron chi connectivity index (χ3n) is 3.47. The van der Waals surface area contributed by atoms with Crippen LogP contribution in [0, 0.1) is 0 Å². The number of benzene rings is 2. The number of hydrogen-bond donors (Lipinski definition) is 0. The summed E-state index contributed by atoms with van der Waals surface area (Å²) in [5.41, 5.74) is 3.76. The maximum Gasteiger partial charge on any atom is 0.185 e. The molecule has 0 saturated carbocycles. The molecule has 0 amide bonds. The maximum atomic E-state index is 5.92. The summed E-state index contributed by atoms with van der Waals surface area (Å²) in [6.45, 7) is 0. The predicted octanol–water partition coefficient (Wildman–Crippen LogP) is 4.11. The molecule has 4 aromatic rings. The van der Waals surface area contributed by atoms with Crippen molar-refractivity contribution >= 4 is 17.2 Å². The van der Waals surface area contributed by atoms with Gasteiger partial charge in [-0.25, -0.2) is 0 Å². The van der Waals surface area contributed by atoms with Gasteiger partial charge < -0.3 is 0 Å². The van der Waals surface area contributed by atoms with Crippen LogP contribution in [-0.2, 0) is 0 Å². The molecule has 106 valence electrons. The highest BCUT2D eigenvalue weighted by molar-refractivity contribution is 6.30. The van der Waals surface area contributed by atoms with Crippen molar-refractivity contribution in [3.63, 3.8) is 0 Å². The lowest BCUT2D eigenvalue weighted by Crippen LogP contribution is -1.95. The van der Waals surface area contributed by atoms with Crippen molar-refractivity contribution < 1.29 is 0 Å². The average Bonchev–Trinajstić information content (AvgIpc) is 2.99. The van der Waals surface area contributed by atoms with Gasteiger partial charge in [0.05, 0.1) is 6.20 Å². The van der Waals surface area contributed by atoms with Gasteiger partial charge in [0.15, 0.2) is 11.5 Å². The van der Waals surface area contributed by atoms with Crippen LogP contribution >= 0.6 is 11.6 Å². The Morgan fingerprint density at radius 2 is 1.55 bits per heavy atom. The number of halogens is 1. The van der Waals surface area contributed by atoms with E-state index in [1.165, 1.54) is 0 Å². The normalized spacial score (nSPS) is 11.0. The van der Waals surface area contributed by atoms with Crippen molar-refractivity contribution in [2.75, 3.05) is 0 Å². The van der Waals surface area contributed by atoms with Crippen molar-refractivity contribution in [2.24, 2.45) is 0 Å². The van der Waals surface area contributed by atoms with E-state index in [0.717, 1.165) is 16.7 Å². The van der Waals surface area contributed by atoms with E-state index in [1.807, 2.05) is 66.9 Å². The Morgan fingerprint density at radius 1 is 0.773 bits per heavy atom. The molecule has 0 aliphatic heterocycles. The molecule has 0 radical (unpaired) electrons. The largest absolute Gasteiger partial charge is 0.193 e. The van der Waals surface area contributed by atoms with E-state index >= 15 is 0 Å². The Kier molecular flexibility index (Phi) is 3.09. The second-order valence-electron chi connectivity index (χ2n) is 4.91. The lowest BCUT2D eigenvalue weighted by Gasteiger charge is -2.02. The number of fused-ring (bicyclic) bond motifs is 1. The number of hydrogen-bond acceptors (Lipinski definition) is 3. The van der Waals surface area contributed by atoms with Crippen LogP contribution in [0.5, 0.6) is 0 Å². The Labute approximate surface area is 132 Å². The fraction of sp³-hybridized carbons (Fsp3) is 0. The van der Waals surface area contributed by atoms with Crippen LogP contribution < -0.4 is 0 Å². The molecule has 0 aliphatic carbocycles. The Bertz CT molecular complexity index is 930. The summed E-state index contributed by atoms with van der Waals surface area (Å²) >= 11 is 5.92. The monoisotopic (exact) mass is 306 g/mol. The highest BCUT2D eigenvalue weighted by Crippen LogP contribution is 2.23. The van der Waals surface area contributed by atoms with E-state index in [2.05, 4.69) is 15.3 Å². The molecule has 0 spiro atoms. The summed E-state index contributed by atoms with van der Waals surface area (Å²) in [6, 6.07) is 19.5. The number of aromatic nitrogens is 4. The van der Waals surface area contributed by atoms with Gasteiger partial charge in [0.1, 0.15) is 0 Å². The predicted molar refractivity (Wildman–Crippen MR) is 86.7 cm³/mol. The first kappa shape index (κ1) is 13.0. The first-order valence-electron chi connectivity index (χ1n) is 6.84. The molecule has 4 rings (SSSR count). The van der Waals surface area contributed by atoms with E-state index in [4.69, 9.17) is 11.6 Å². The topological polar surface area (TPSA) is 43.1 Å². The Hall–Kier alpha value is -2.72. The van der Waals surface area contributed by atoms with Gasteiger partial charge in [0.25, 0.3) is 0 Å². The molecule has 0 unspecified atom stereocenters. The SMILES string of the molecule is Clc1ccc(-c2nnc3cc(-c4ccccc4)cnn23)cc1. The van der Waals surface area contributed by atoms with Gasteiger partial charge in [-0.15, -0.1) is 10.2 Å². The summed E-state index contributed by atoms with van der Waals surface area (Å²) < 4.78 is 1.73.